The van der Waals surface area contributed by atoms with Gasteiger partial charge in [0.2, 0.25) is 0 Å². The molecule has 1 aliphatic heterocycles. The Morgan fingerprint density at radius 3 is 2.62 bits per heavy atom. The van der Waals surface area contributed by atoms with Gasteiger partial charge in [0.1, 0.15) is 18.1 Å². The first-order valence-corrected chi connectivity index (χ1v) is 8.16. The molecule has 0 spiro atoms. The predicted octanol–water partition coefficient (Wildman–Crippen LogP) is 3.55. The summed E-state index contributed by atoms with van der Waals surface area (Å²) in [6.45, 7) is 0.239. The van der Waals surface area contributed by atoms with E-state index in [-0.39, 0.29) is 12.2 Å². The van der Waals surface area contributed by atoms with E-state index in [9.17, 15) is 4.79 Å². The summed E-state index contributed by atoms with van der Waals surface area (Å²) in [5, 5.41) is 5.51. The number of nitrogens with one attached hydrogen (secondary N) is 2. The van der Waals surface area contributed by atoms with Crippen LogP contribution < -0.4 is 15.0 Å². The smallest absolute Gasteiger partial charge is 0.271 e. The summed E-state index contributed by atoms with van der Waals surface area (Å²) in [6.07, 6.45) is 3.60. The molecular formula is C20H17N3O3. The lowest BCUT2D eigenvalue weighted by Crippen LogP contribution is -2.04. The summed E-state index contributed by atoms with van der Waals surface area (Å²) in [5.74, 6) is 1.45. The van der Waals surface area contributed by atoms with Crippen molar-refractivity contribution in [3.63, 3.8) is 0 Å². The molecule has 26 heavy (non-hydrogen) atoms. The van der Waals surface area contributed by atoms with Gasteiger partial charge in [-0.1, -0.05) is 18.2 Å². The number of allylic oxidation sites excluding steroid dienone is 1. The fourth-order valence-corrected chi connectivity index (χ4v) is 2.81. The number of benzene rings is 2. The third kappa shape index (κ3) is 3.04. The third-order valence-electron chi connectivity index (χ3n) is 4.20. The van der Waals surface area contributed by atoms with Crippen molar-refractivity contribution in [2.45, 2.75) is 6.61 Å². The molecule has 1 aliphatic rings. The van der Waals surface area contributed by atoms with Gasteiger partial charge in [-0.25, -0.2) is 0 Å². The van der Waals surface area contributed by atoms with Crippen LogP contribution in [-0.4, -0.2) is 23.5 Å². The largest absolute Gasteiger partial charge is 0.497 e. The van der Waals surface area contributed by atoms with Crippen LogP contribution in [0.3, 0.4) is 0 Å². The van der Waals surface area contributed by atoms with E-state index in [1.807, 2.05) is 54.6 Å². The van der Waals surface area contributed by atoms with Crippen molar-refractivity contribution < 1.29 is 9.47 Å². The number of aliphatic imine (C=N–C) groups is 1. The summed E-state index contributed by atoms with van der Waals surface area (Å²) in [6, 6.07) is 15.1. The summed E-state index contributed by atoms with van der Waals surface area (Å²) < 4.78 is 10.9. The zero-order valence-electron chi connectivity index (χ0n) is 14.2. The Kier molecular flexibility index (Phi) is 4.15. The Hall–Kier alpha value is -3.54. The first-order chi connectivity index (χ1) is 12.7. The number of hydrogen-bond donors (Lipinski definition) is 2. The summed E-state index contributed by atoms with van der Waals surface area (Å²) >= 11 is 0. The number of para-hydroxylation sites is 1. The van der Waals surface area contributed by atoms with Crippen LogP contribution in [0.2, 0.25) is 0 Å². The first-order valence-electron chi connectivity index (χ1n) is 8.16. The number of ether oxygens (including phenoxy) is 2. The highest BCUT2D eigenvalue weighted by molar-refractivity contribution is 6.21. The minimum atomic E-state index is -0.191. The zero-order chi connectivity index (χ0) is 17.9. The van der Waals surface area contributed by atoms with Gasteiger partial charge in [-0.3, -0.25) is 20.0 Å². The molecule has 1 aromatic heterocycles. The van der Waals surface area contributed by atoms with Crippen molar-refractivity contribution in [1.82, 2.24) is 10.2 Å². The maximum absolute atomic E-state index is 12.2. The number of rotatable bonds is 5. The monoisotopic (exact) mass is 347 g/mol. The van der Waals surface area contributed by atoms with Gasteiger partial charge in [0.05, 0.1) is 24.1 Å². The summed E-state index contributed by atoms with van der Waals surface area (Å²) in [7, 11) is 1.62. The third-order valence-corrected chi connectivity index (χ3v) is 4.20. The zero-order valence-corrected chi connectivity index (χ0v) is 14.2. The second-order valence-electron chi connectivity index (χ2n) is 5.81. The number of methoxy groups -OCH3 is 1. The van der Waals surface area contributed by atoms with E-state index < -0.39 is 0 Å². The number of hydrogen-bond acceptors (Lipinski definition) is 4. The summed E-state index contributed by atoms with van der Waals surface area (Å²) in [5.41, 5.74) is 3.84. The van der Waals surface area contributed by atoms with E-state index in [1.165, 1.54) is 0 Å². The van der Waals surface area contributed by atoms with Gasteiger partial charge < -0.3 is 9.47 Å². The van der Waals surface area contributed by atoms with Crippen LogP contribution in [-0.2, 0) is 6.61 Å². The molecule has 0 unspecified atom stereocenters. The number of nitrogens with zero attached hydrogens (tertiary/aromatic N) is 1. The normalized spacial score (nSPS) is 13.8. The standard InChI is InChI=1S/C20H17N3O3/c1-25-14-6-8-15(9-7-14)26-12-19-17(20(24)23-22-19)10-13-11-21-18-5-3-2-4-16(13)18/h2-11H,12H2,1H3,(H2,22,23,24)/b13-10-. The Bertz CT molecular complexity index is 1040. The highest BCUT2D eigenvalue weighted by atomic mass is 16.5. The Balaban J connectivity index is 1.57. The molecule has 0 saturated heterocycles. The Morgan fingerprint density at radius 2 is 1.81 bits per heavy atom. The fraction of sp³-hybridized carbons (Fsp3) is 0.100. The minimum absolute atomic E-state index is 0.191. The second-order valence-corrected chi connectivity index (χ2v) is 5.81. The molecule has 130 valence electrons. The second kappa shape index (κ2) is 6.76. The van der Waals surface area contributed by atoms with Crippen molar-refractivity contribution in [3.05, 3.63) is 75.7 Å². The highest BCUT2D eigenvalue weighted by Crippen LogP contribution is 2.32. The van der Waals surface area contributed by atoms with Crippen LogP contribution in [0.5, 0.6) is 11.5 Å². The topological polar surface area (TPSA) is 79.5 Å². The molecule has 0 fully saturated rings. The van der Waals surface area contributed by atoms with E-state index in [1.54, 1.807) is 13.3 Å². The first kappa shape index (κ1) is 16.0. The van der Waals surface area contributed by atoms with Crippen LogP contribution in [0.15, 0.2) is 58.3 Å². The van der Waals surface area contributed by atoms with Gasteiger partial charge in [-0.2, -0.15) is 0 Å². The van der Waals surface area contributed by atoms with Gasteiger partial charge in [0, 0.05) is 17.4 Å². The lowest BCUT2D eigenvalue weighted by atomic mass is 10.0. The van der Waals surface area contributed by atoms with Gasteiger partial charge in [-0.15, -0.1) is 0 Å². The Morgan fingerprint density at radius 1 is 1.04 bits per heavy atom. The SMILES string of the molecule is COc1ccc(OCc2[nH][nH]c(=O)c2/C=C2/C=Nc3ccccc32)cc1. The summed E-state index contributed by atoms with van der Waals surface area (Å²) in [4.78, 5) is 16.6. The number of aromatic amines is 2. The van der Waals surface area contributed by atoms with Gasteiger partial charge in [-0.05, 0) is 36.4 Å². The van der Waals surface area contributed by atoms with Crippen molar-refractivity contribution in [2.24, 2.45) is 4.99 Å². The van der Waals surface area contributed by atoms with E-state index >= 15 is 0 Å². The molecule has 0 amide bonds. The minimum Gasteiger partial charge on any atom is -0.497 e. The van der Waals surface area contributed by atoms with Gasteiger partial charge in [0.15, 0.2) is 0 Å². The molecule has 0 aliphatic carbocycles. The molecule has 0 atom stereocenters. The molecule has 0 saturated carbocycles. The maximum atomic E-state index is 12.2. The molecule has 0 radical (unpaired) electrons. The van der Waals surface area contributed by atoms with Gasteiger partial charge in [0.25, 0.3) is 5.56 Å². The average molecular weight is 347 g/mol. The van der Waals surface area contributed by atoms with Gasteiger partial charge >= 0.3 is 0 Å². The van der Waals surface area contributed by atoms with Crippen LogP contribution in [0, 0.1) is 0 Å². The van der Waals surface area contributed by atoms with Crippen molar-refractivity contribution in [2.75, 3.05) is 7.11 Å². The van der Waals surface area contributed by atoms with Crippen LogP contribution in [0.25, 0.3) is 11.6 Å². The van der Waals surface area contributed by atoms with Crippen molar-refractivity contribution in [1.29, 1.82) is 0 Å². The number of fused-ring (bicyclic) bond motifs is 1. The van der Waals surface area contributed by atoms with E-state index in [4.69, 9.17) is 9.47 Å². The highest BCUT2D eigenvalue weighted by Gasteiger charge is 2.14. The van der Waals surface area contributed by atoms with E-state index in [0.717, 1.165) is 22.6 Å². The quantitative estimate of drug-likeness (QED) is 0.741. The van der Waals surface area contributed by atoms with Crippen LogP contribution >= 0.6 is 0 Å². The molecule has 6 heteroatoms. The molecule has 3 aromatic rings. The number of aromatic nitrogens is 2. The average Bonchev–Trinajstić information content (AvgIpc) is 3.25. The molecule has 0 bridgehead atoms. The predicted molar refractivity (Wildman–Crippen MR) is 101 cm³/mol. The lowest BCUT2D eigenvalue weighted by molar-refractivity contribution is 0.300. The van der Waals surface area contributed by atoms with E-state index in [2.05, 4.69) is 15.2 Å². The van der Waals surface area contributed by atoms with Crippen LogP contribution in [0.4, 0.5) is 5.69 Å². The Labute approximate surface area is 149 Å². The molecular weight excluding hydrogens is 330 g/mol. The lowest BCUT2D eigenvalue weighted by Gasteiger charge is -2.06. The number of H-pyrrole nitrogens is 2. The van der Waals surface area contributed by atoms with E-state index in [0.29, 0.717) is 17.0 Å². The molecule has 2 heterocycles. The molecule has 2 N–H and O–H groups in total. The maximum Gasteiger partial charge on any atom is 0.271 e. The molecule has 6 nitrogen and oxygen atoms in total. The fourth-order valence-electron chi connectivity index (χ4n) is 2.81. The van der Waals surface area contributed by atoms with Crippen LogP contribution in [0.1, 0.15) is 16.8 Å². The molecule has 4 rings (SSSR count). The van der Waals surface area contributed by atoms with Crippen molar-refractivity contribution >= 4 is 23.6 Å². The van der Waals surface area contributed by atoms with Crippen molar-refractivity contribution in [3.8, 4) is 11.5 Å². The molecule has 2 aromatic carbocycles.